The highest BCUT2D eigenvalue weighted by atomic mass is 16.3. The number of hydrogen-bond acceptors (Lipinski definition) is 4. The topological polar surface area (TPSA) is 66.4 Å². The van der Waals surface area contributed by atoms with Crippen LogP contribution in [0.1, 0.15) is 6.92 Å². The van der Waals surface area contributed by atoms with Gasteiger partial charge < -0.3 is 5.11 Å². The summed E-state index contributed by atoms with van der Waals surface area (Å²) in [5.41, 5.74) is 0. The molecular formula is C5H9NO3. The molecular weight excluding hydrogens is 122 g/mol. The van der Waals surface area contributed by atoms with Crippen LogP contribution in [-0.2, 0) is 9.59 Å². The molecule has 0 aliphatic heterocycles. The molecule has 0 bridgehead atoms. The number of carbonyl (C=O) groups excluding carboxylic acids is 2. The summed E-state index contributed by atoms with van der Waals surface area (Å²) in [5, 5.41) is 10.9. The first kappa shape index (κ1) is 8.26. The molecule has 2 N–H and O–H groups in total. The number of aliphatic hydroxyl groups is 1. The van der Waals surface area contributed by atoms with Gasteiger partial charge in [0.1, 0.15) is 6.23 Å². The molecule has 1 unspecified atom stereocenters. The van der Waals surface area contributed by atoms with Crippen molar-refractivity contribution in [1.82, 2.24) is 5.32 Å². The van der Waals surface area contributed by atoms with Crippen molar-refractivity contribution < 1.29 is 14.7 Å². The first-order valence-corrected chi connectivity index (χ1v) is 2.56. The Balaban J connectivity index is 3.27. The van der Waals surface area contributed by atoms with E-state index in [1.54, 1.807) is 0 Å². The van der Waals surface area contributed by atoms with Crippen LogP contribution in [0.4, 0.5) is 0 Å². The lowest BCUT2D eigenvalue weighted by atomic mass is 10.4. The minimum absolute atomic E-state index is 0.0961. The number of aliphatic hydroxyl groups excluding tert-OH is 1. The van der Waals surface area contributed by atoms with Crippen molar-refractivity contribution >= 4 is 12.1 Å². The predicted octanol–water partition coefficient (Wildman–Crippen LogP) is -1.32. The largest absolute Gasteiger partial charge is 0.379 e. The molecule has 0 spiro atoms. The zero-order chi connectivity index (χ0) is 7.28. The maximum Gasteiger partial charge on any atom is 0.208 e. The molecule has 4 nitrogen and oxygen atoms in total. The molecule has 0 aromatic rings. The highest BCUT2D eigenvalue weighted by Gasteiger charge is 1.98. The van der Waals surface area contributed by atoms with Gasteiger partial charge in [0.2, 0.25) is 5.78 Å². The molecule has 0 radical (unpaired) electrons. The van der Waals surface area contributed by atoms with Crippen molar-refractivity contribution in [3.05, 3.63) is 0 Å². The average Bonchev–Trinajstić information content (AvgIpc) is 1.83. The highest BCUT2D eigenvalue weighted by molar-refractivity contribution is 6.25. The van der Waals surface area contributed by atoms with E-state index in [0.717, 1.165) is 0 Å². The second kappa shape index (κ2) is 4.17. The number of aldehydes is 1. The summed E-state index contributed by atoms with van der Waals surface area (Å²) in [7, 11) is 0. The van der Waals surface area contributed by atoms with Crippen molar-refractivity contribution in [3.8, 4) is 0 Å². The zero-order valence-electron chi connectivity index (χ0n) is 5.13. The van der Waals surface area contributed by atoms with Gasteiger partial charge in [0.05, 0.1) is 6.54 Å². The molecule has 1 atom stereocenters. The molecule has 0 aromatic heterocycles. The van der Waals surface area contributed by atoms with Gasteiger partial charge in [-0.05, 0) is 6.92 Å². The number of carbonyl (C=O) groups is 2. The molecule has 0 saturated carbocycles. The van der Waals surface area contributed by atoms with Gasteiger partial charge in [0.15, 0.2) is 6.29 Å². The van der Waals surface area contributed by atoms with Crippen molar-refractivity contribution in [3.63, 3.8) is 0 Å². The Morgan fingerprint density at radius 1 is 1.89 bits per heavy atom. The van der Waals surface area contributed by atoms with E-state index >= 15 is 0 Å². The van der Waals surface area contributed by atoms with Crippen LogP contribution < -0.4 is 5.32 Å². The fourth-order valence-corrected chi connectivity index (χ4v) is 0.290. The molecule has 52 valence electrons. The molecule has 0 rings (SSSR count). The van der Waals surface area contributed by atoms with E-state index in [2.05, 4.69) is 5.32 Å². The molecule has 0 fully saturated rings. The number of nitrogens with one attached hydrogen (secondary N) is 1. The Hall–Kier alpha value is -0.740. The highest BCUT2D eigenvalue weighted by Crippen LogP contribution is 1.69. The van der Waals surface area contributed by atoms with Gasteiger partial charge in [-0.3, -0.25) is 14.9 Å². The molecule has 0 saturated heterocycles. The van der Waals surface area contributed by atoms with Crippen molar-refractivity contribution in [2.45, 2.75) is 13.2 Å². The number of hydrogen-bond donors (Lipinski definition) is 2. The standard InChI is InChI=1S/C5H9NO3/c1-4(8)6-2-5(9)3-7/h3-4,6,8H,2H2,1H3. The lowest BCUT2D eigenvalue weighted by Crippen LogP contribution is -2.31. The van der Waals surface area contributed by atoms with Crippen molar-refractivity contribution in [2.75, 3.05) is 6.54 Å². The fraction of sp³-hybridized carbons (Fsp3) is 0.600. The Morgan fingerprint density at radius 3 is 2.78 bits per heavy atom. The summed E-state index contributed by atoms with van der Waals surface area (Å²) in [6.45, 7) is 1.37. The van der Waals surface area contributed by atoms with Gasteiger partial charge in [-0.2, -0.15) is 0 Å². The first-order chi connectivity index (χ1) is 4.16. The van der Waals surface area contributed by atoms with Gasteiger partial charge in [-0.15, -0.1) is 0 Å². The van der Waals surface area contributed by atoms with E-state index in [0.29, 0.717) is 0 Å². The van der Waals surface area contributed by atoms with E-state index in [4.69, 9.17) is 5.11 Å². The van der Waals surface area contributed by atoms with Gasteiger partial charge >= 0.3 is 0 Å². The van der Waals surface area contributed by atoms with Crippen molar-refractivity contribution in [2.24, 2.45) is 0 Å². The maximum atomic E-state index is 10.2. The van der Waals surface area contributed by atoms with Crippen LogP contribution in [0.15, 0.2) is 0 Å². The minimum Gasteiger partial charge on any atom is -0.379 e. The zero-order valence-corrected chi connectivity index (χ0v) is 5.13. The molecule has 0 aliphatic carbocycles. The minimum atomic E-state index is -0.742. The van der Waals surface area contributed by atoms with Crippen molar-refractivity contribution in [1.29, 1.82) is 0 Å². The van der Waals surface area contributed by atoms with Crippen LogP contribution in [-0.4, -0.2) is 29.9 Å². The summed E-state index contributed by atoms with van der Waals surface area (Å²) < 4.78 is 0. The third kappa shape index (κ3) is 5.13. The molecule has 4 heteroatoms. The lowest BCUT2D eigenvalue weighted by molar-refractivity contribution is -0.129. The van der Waals surface area contributed by atoms with Gasteiger partial charge in [-0.1, -0.05) is 0 Å². The van der Waals surface area contributed by atoms with Gasteiger partial charge in [-0.25, -0.2) is 0 Å². The van der Waals surface area contributed by atoms with Crippen LogP contribution in [0, 0.1) is 0 Å². The van der Waals surface area contributed by atoms with Crippen LogP contribution in [0.25, 0.3) is 0 Å². The predicted molar refractivity (Wildman–Crippen MR) is 30.8 cm³/mol. The smallest absolute Gasteiger partial charge is 0.208 e. The van der Waals surface area contributed by atoms with Gasteiger partial charge in [0.25, 0.3) is 0 Å². The Bertz CT molecular complexity index is 111. The third-order valence-corrected chi connectivity index (χ3v) is 0.703. The third-order valence-electron chi connectivity index (χ3n) is 0.703. The van der Waals surface area contributed by atoms with Crippen LogP contribution in [0.3, 0.4) is 0 Å². The molecule has 9 heavy (non-hydrogen) atoms. The second-order valence-corrected chi connectivity index (χ2v) is 1.64. The normalized spacial score (nSPS) is 12.7. The number of rotatable bonds is 4. The van der Waals surface area contributed by atoms with E-state index in [1.165, 1.54) is 6.92 Å². The Morgan fingerprint density at radius 2 is 2.44 bits per heavy atom. The summed E-state index contributed by atoms with van der Waals surface area (Å²) in [4.78, 5) is 19.8. The molecule has 0 aromatic carbocycles. The van der Waals surface area contributed by atoms with Gasteiger partial charge in [0, 0.05) is 0 Å². The second-order valence-electron chi connectivity index (χ2n) is 1.64. The average molecular weight is 131 g/mol. The Kier molecular flexibility index (Phi) is 3.83. The fourth-order valence-electron chi connectivity index (χ4n) is 0.290. The van der Waals surface area contributed by atoms with Crippen LogP contribution in [0.5, 0.6) is 0 Å². The summed E-state index contributed by atoms with van der Waals surface area (Å²) in [6, 6.07) is 0. The van der Waals surface area contributed by atoms with E-state index in [-0.39, 0.29) is 12.8 Å². The van der Waals surface area contributed by atoms with E-state index < -0.39 is 12.0 Å². The quantitative estimate of drug-likeness (QED) is 0.282. The summed E-state index contributed by atoms with van der Waals surface area (Å²) in [5.74, 6) is -0.559. The first-order valence-electron chi connectivity index (χ1n) is 2.56. The Labute approximate surface area is 52.9 Å². The van der Waals surface area contributed by atoms with E-state index in [9.17, 15) is 9.59 Å². The summed E-state index contributed by atoms with van der Waals surface area (Å²) >= 11 is 0. The van der Waals surface area contributed by atoms with E-state index in [1.807, 2.05) is 0 Å². The SMILES string of the molecule is CC(O)NCC(=O)C=O. The summed E-state index contributed by atoms with van der Waals surface area (Å²) in [6.07, 6.45) is -0.524. The van der Waals surface area contributed by atoms with Crippen LogP contribution >= 0.6 is 0 Å². The number of Topliss-reactive ketones (excluding diaryl/α,β-unsaturated/α-hetero) is 1. The number of ketones is 1. The molecule has 0 heterocycles. The maximum absolute atomic E-state index is 10.2. The monoisotopic (exact) mass is 131 g/mol. The lowest BCUT2D eigenvalue weighted by Gasteiger charge is -2.01. The van der Waals surface area contributed by atoms with Crippen LogP contribution in [0.2, 0.25) is 0 Å². The molecule has 0 amide bonds. The molecule has 0 aliphatic rings.